The van der Waals surface area contributed by atoms with E-state index >= 15 is 8.78 Å². The lowest BCUT2D eigenvalue weighted by Crippen LogP contribution is -2.23. The largest absolute Gasteiger partial charge is 0.573 e. The van der Waals surface area contributed by atoms with E-state index in [-0.39, 0.29) is 5.56 Å². The van der Waals surface area contributed by atoms with Gasteiger partial charge >= 0.3 is 6.36 Å². The van der Waals surface area contributed by atoms with Crippen LogP contribution in [0.25, 0.3) is 11.1 Å². The fourth-order valence-electron chi connectivity index (χ4n) is 5.50. The Bertz CT molecular complexity index is 1130. The third-order valence-electron chi connectivity index (χ3n) is 7.57. The fourth-order valence-corrected chi connectivity index (χ4v) is 5.50. The van der Waals surface area contributed by atoms with Crippen molar-refractivity contribution in [1.82, 2.24) is 0 Å². The van der Waals surface area contributed by atoms with Crippen molar-refractivity contribution in [3.05, 3.63) is 77.1 Å². The molecule has 0 spiro atoms. The summed E-state index contributed by atoms with van der Waals surface area (Å²) in [5.74, 6) is -2.91. The van der Waals surface area contributed by atoms with Crippen LogP contribution < -0.4 is 4.74 Å². The Balaban J connectivity index is 1.51. The predicted octanol–water partition coefficient (Wildman–Crippen LogP) is 9.42. The summed E-state index contributed by atoms with van der Waals surface area (Å²) in [5, 5.41) is 0. The Labute approximate surface area is 207 Å². The molecule has 194 valence electrons. The summed E-state index contributed by atoms with van der Waals surface area (Å²) in [7, 11) is 0. The van der Waals surface area contributed by atoms with Gasteiger partial charge in [0, 0.05) is 5.41 Å². The summed E-state index contributed by atoms with van der Waals surface area (Å²) >= 11 is 0. The standard InChI is InChI=1S/C29H30F6O/c1-3-4-18-5-7-19(8-6-18)20-11-13-28(2,14-12-20)22-16-24(31)27(25(32)17-22)21-9-10-26(23(30)15-21)36-29(33,34)35/h9-13,15-19H,3-8,14H2,1-2H3. The first-order valence-electron chi connectivity index (χ1n) is 12.4. The van der Waals surface area contributed by atoms with E-state index in [4.69, 9.17) is 0 Å². The van der Waals surface area contributed by atoms with Gasteiger partial charge < -0.3 is 4.74 Å². The van der Waals surface area contributed by atoms with E-state index in [1.165, 1.54) is 56.2 Å². The molecule has 36 heavy (non-hydrogen) atoms. The molecule has 0 saturated heterocycles. The molecule has 7 heteroatoms. The number of hydrogen-bond acceptors (Lipinski definition) is 1. The molecule has 2 aromatic carbocycles. The highest BCUT2D eigenvalue weighted by atomic mass is 19.4. The molecule has 0 aromatic heterocycles. The minimum Gasteiger partial charge on any atom is -0.403 e. The fraction of sp³-hybridized carbons (Fsp3) is 0.448. The Morgan fingerprint density at radius 3 is 2.14 bits per heavy atom. The van der Waals surface area contributed by atoms with E-state index in [0.717, 1.165) is 12.0 Å². The maximum absolute atomic E-state index is 15.1. The van der Waals surface area contributed by atoms with Gasteiger partial charge in [-0.05, 0) is 84.9 Å². The highest BCUT2D eigenvalue weighted by Crippen LogP contribution is 2.42. The predicted molar refractivity (Wildman–Crippen MR) is 128 cm³/mol. The van der Waals surface area contributed by atoms with Gasteiger partial charge in [-0.1, -0.05) is 51.0 Å². The van der Waals surface area contributed by atoms with Crippen molar-refractivity contribution in [1.29, 1.82) is 0 Å². The van der Waals surface area contributed by atoms with Crippen molar-refractivity contribution in [2.24, 2.45) is 11.8 Å². The summed E-state index contributed by atoms with van der Waals surface area (Å²) in [6.45, 7) is 4.13. The van der Waals surface area contributed by atoms with E-state index in [1.807, 2.05) is 13.0 Å². The van der Waals surface area contributed by atoms with Gasteiger partial charge in [0.15, 0.2) is 11.6 Å². The lowest BCUT2D eigenvalue weighted by molar-refractivity contribution is -0.275. The van der Waals surface area contributed by atoms with E-state index in [2.05, 4.69) is 23.8 Å². The van der Waals surface area contributed by atoms with Gasteiger partial charge in [0.25, 0.3) is 0 Å². The van der Waals surface area contributed by atoms with Crippen LogP contribution in [0.1, 0.15) is 64.4 Å². The SMILES string of the molecule is CCCC1CCC(C2=CCC(C)(c3cc(F)c(-c4ccc(OC(F)(F)F)c(F)c4)c(F)c3)C=C2)CC1. The first-order chi connectivity index (χ1) is 17.0. The van der Waals surface area contributed by atoms with Crippen molar-refractivity contribution in [3.63, 3.8) is 0 Å². The molecule has 1 nitrogen and oxygen atoms in total. The monoisotopic (exact) mass is 508 g/mol. The quantitative estimate of drug-likeness (QED) is 0.353. The van der Waals surface area contributed by atoms with Crippen molar-refractivity contribution in [2.45, 2.75) is 70.6 Å². The lowest BCUT2D eigenvalue weighted by Gasteiger charge is -2.34. The third kappa shape index (κ3) is 5.81. The van der Waals surface area contributed by atoms with Gasteiger partial charge in [-0.3, -0.25) is 0 Å². The van der Waals surface area contributed by atoms with Gasteiger partial charge in [0.05, 0.1) is 5.56 Å². The smallest absolute Gasteiger partial charge is 0.403 e. The molecule has 0 amide bonds. The van der Waals surface area contributed by atoms with Crippen LogP contribution in [-0.2, 0) is 5.41 Å². The second-order valence-corrected chi connectivity index (χ2v) is 10.2. The van der Waals surface area contributed by atoms with E-state index in [9.17, 15) is 17.6 Å². The first-order valence-corrected chi connectivity index (χ1v) is 12.4. The zero-order valence-corrected chi connectivity index (χ0v) is 20.4. The number of benzene rings is 2. The maximum atomic E-state index is 15.1. The lowest BCUT2D eigenvalue weighted by atomic mass is 9.71. The first kappa shape index (κ1) is 26.4. The van der Waals surface area contributed by atoms with Crippen LogP contribution in [0.2, 0.25) is 0 Å². The van der Waals surface area contributed by atoms with E-state index < -0.39 is 40.5 Å². The van der Waals surface area contributed by atoms with Crippen LogP contribution in [0.3, 0.4) is 0 Å². The van der Waals surface area contributed by atoms with Gasteiger partial charge in [-0.25, -0.2) is 13.2 Å². The van der Waals surface area contributed by atoms with Gasteiger partial charge in [-0.2, -0.15) is 0 Å². The molecule has 1 saturated carbocycles. The van der Waals surface area contributed by atoms with Crippen molar-refractivity contribution >= 4 is 0 Å². The molecular formula is C29H30F6O. The molecule has 4 rings (SSSR count). The molecule has 1 unspecified atom stereocenters. The van der Waals surface area contributed by atoms with Gasteiger partial charge in [0.2, 0.25) is 0 Å². The molecule has 0 aliphatic heterocycles. The average Bonchev–Trinajstić information content (AvgIpc) is 2.81. The van der Waals surface area contributed by atoms with Crippen LogP contribution in [-0.4, -0.2) is 6.36 Å². The average molecular weight is 509 g/mol. The van der Waals surface area contributed by atoms with Crippen LogP contribution in [0.4, 0.5) is 26.3 Å². The second kappa shape index (κ2) is 10.3. The van der Waals surface area contributed by atoms with Gasteiger partial charge in [-0.15, -0.1) is 13.2 Å². The molecular weight excluding hydrogens is 478 g/mol. The number of rotatable bonds is 6. The van der Waals surface area contributed by atoms with Crippen LogP contribution in [0.15, 0.2) is 54.1 Å². The van der Waals surface area contributed by atoms with Crippen LogP contribution in [0.5, 0.6) is 5.75 Å². The Morgan fingerprint density at radius 1 is 0.944 bits per heavy atom. The van der Waals surface area contributed by atoms with Crippen molar-refractivity contribution in [2.75, 3.05) is 0 Å². The van der Waals surface area contributed by atoms with Crippen LogP contribution >= 0.6 is 0 Å². The number of halogens is 6. The van der Waals surface area contributed by atoms with Crippen LogP contribution in [0, 0.1) is 29.3 Å². The number of hydrogen-bond donors (Lipinski definition) is 0. The topological polar surface area (TPSA) is 9.23 Å². The second-order valence-electron chi connectivity index (χ2n) is 10.2. The zero-order chi connectivity index (χ0) is 26.1. The molecule has 1 fully saturated rings. The molecule has 2 aromatic rings. The third-order valence-corrected chi connectivity index (χ3v) is 7.57. The summed E-state index contributed by atoms with van der Waals surface area (Å²) in [6.07, 6.45) is 9.08. The van der Waals surface area contributed by atoms with E-state index in [0.29, 0.717) is 30.0 Å². The molecule has 0 heterocycles. The minimum absolute atomic E-state index is 0.214. The molecule has 0 N–H and O–H groups in total. The number of alkyl halides is 3. The zero-order valence-electron chi connectivity index (χ0n) is 20.4. The highest BCUT2D eigenvalue weighted by molar-refractivity contribution is 5.67. The summed E-state index contributed by atoms with van der Waals surface area (Å²) in [6, 6.07) is 4.77. The number of allylic oxidation sites excluding steroid dienone is 4. The minimum atomic E-state index is -5.08. The molecule has 0 bridgehead atoms. The summed E-state index contributed by atoms with van der Waals surface area (Å²) in [5.41, 5.74) is 0.403. The molecule has 1 atom stereocenters. The molecule has 2 aliphatic carbocycles. The van der Waals surface area contributed by atoms with Crippen molar-refractivity contribution in [3.8, 4) is 16.9 Å². The highest BCUT2D eigenvalue weighted by Gasteiger charge is 2.33. The Hall–Kier alpha value is -2.70. The van der Waals surface area contributed by atoms with Crippen molar-refractivity contribution < 1.29 is 31.1 Å². The maximum Gasteiger partial charge on any atom is 0.573 e. The molecule has 0 radical (unpaired) electrons. The van der Waals surface area contributed by atoms with E-state index in [1.54, 1.807) is 0 Å². The summed E-state index contributed by atoms with van der Waals surface area (Å²) in [4.78, 5) is 0. The molecule has 2 aliphatic rings. The normalized spacial score (nSPS) is 24.5. The number of ether oxygens (including phenoxy) is 1. The summed E-state index contributed by atoms with van der Waals surface area (Å²) < 4.78 is 85.0. The van der Waals surface area contributed by atoms with Gasteiger partial charge in [0.1, 0.15) is 11.6 Å². The Kier molecular flexibility index (Phi) is 7.58. The Morgan fingerprint density at radius 2 is 1.61 bits per heavy atom.